The number of likely N-dealkylation sites (N-methyl/N-ethyl adjacent to an activating group) is 1. The Morgan fingerprint density at radius 3 is 2.26 bits per heavy atom. The molecule has 0 saturated heterocycles. The first-order chi connectivity index (χ1) is 8.81. The number of carbonyl (C=O) groups is 1. The van der Waals surface area contributed by atoms with Gasteiger partial charge in [0.1, 0.15) is 0 Å². The van der Waals surface area contributed by atoms with Gasteiger partial charge < -0.3 is 10.2 Å². The monoisotopic (exact) mass is 285 g/mol. The summed E-state index contributed by atoms with van der Waals surface area (Å²) in [5, 5.41) is 2.58. The fraction of sp³-hybridized carbons (Fsp3) is 0.417. The Kier molecular flexibility index (Phi) is 5.46. The average molecular weight is 285 g/mol. The number of benzene rings is 1. The average Bonchev–Trinajstić information content (AvgIpc) is 2.28. The van der Waals surface area contributed by atoms with Gasteiger partial charge in [-0.2, -0.15) is 0 Å². The highest BCUT2D eigenvalue weighted by Gasteiger charge is 2.13. The van der Waals surface area contributed by atoms with Crippen molar-refractivity contribution < 1.29 is 13.2 Å². The van der Waals surface area contributed by atoms with Crippen LogP contribution in [0.3, 0.4) is 0 Å². The highest BCUT2D eigenvalue weighted by atomic mass is 32.2. The minimum Gasteiger partial charge on any atom is -0.326 e. The van der Waals surface area contributed by atoms with Crippen molar-refractivity contribution in [2.45, 2.75) is 11.8 Å². The molecule has 0 radical (unpaired) electrons. The molecule has 1 rings (SSSR count). The summed E-state index contributed by atoms with van der Waals surface area (Å²) >= 11 is 0. The number of sulfonamides is 1. The molecule has 2 N–H and O–H groups in total. The molecule has 7 heteroatoms. The zero-order chi connectivity index (χ0) is 14.5. The van der Waals surface area contributed by atoms with Gasteiger partial charge in [0.2, 0.25) is 15.9 Å². The molecule has 0 aromatic heterocycles. The van der Waals surface area contributed by atoms with E-state index < -0.39 is 10.0 Å². The Hall–Kier alpha value is -1.44. The molecular formula is C12H19N3O3S. The van der Waals surface area contributed by atoms with E-state index in [9.17, 15) is 13.2 Å². The van der Waals surface area contributed by atoms with Crippen molar-refractivity contribution in [1.29, 1.82) is 0 Å². The summed E-state index contributed by atoms with van der Waals surface area (Å²) in [6, 6.07) is 6.04. The Balaban J connectivity index is 2.70. The molecule has 106 valence electrons. The predicted octanol–water partition coefficient (Wildman–Crippen LogP) is 0.485. The fourth-order valence-corrected chi connectivity index (χ4v) is 2.43. The molecule has 0 aliphatic rings. The van der Waals surface area contributed by atoms with Crippen LogP contribution in [-0.4, -0.2) is 46.4 Å². The maximum absolute atomic E-state index is 11.9. The van der Waals surface area contributed by atoms with E-state index in [1.807, 2.05) is 19.0 Å². The van der Waals surface area contributed by atoms with Crippen molar-refractivity contribution in [3.05, 3.63) is 24.3 Å². The first-order valence-electron chi connectivity index (χ1n) is 5.83. The van der Waals surface area contributed by atoms with Gasteiger partial charge in [-0.1, -0.05) is 0 Å². The molecule has 0 bridgehead atoms. The Labute approximate surface area is 113 Å². The van der Waals surface area contributed by atoms with Gasteiger partial charge in [-0.05, 0) is 38.4 Å². The van der Waals surface area contributed by atoms with Gasteiger partial charge in [0, 0.05) is 25.7 Å². The minimum absolute atomic E-state index is 0.181. The van der Waals surface area contributed by atoms with Crippen molar-refractivity contribution in [3.63, 3.8) is 0 Å². The Morgan fingerprint density at radius 1 is 1.21 bits per heavy atom. The van der Waals surface area contributed by atoms with E-state index in [1.54, 1.807) is 12.1 Å². The van der Waals surface area contributed by atoms with Gasteiger partial charge in [0.05, 0.1) is 4.90 Å². The zero-order valence-electron chi connectivity index (χ0n) is 11.3. The number of rotatable bonds is 6. The van der Waals surface area contributed by atoms with E-state index in [-0.39, 0.29) is 10.8 Å². The van der Waals surface area contributed by atoms with Crippen LogP contribution in [0.1, 0.15) is 6.92 Å². The SMILES string of the molecule is CC(=O)Nc1ccc(S(=O)(=O)NCCN(C)C)cc1. The van der Waals surface area contributed by atoms with Crippen LogP contribution in [0.15, 0.2) is 29.2 Å². The van der Waals surface area contributed by atoms with E-state index in [2.05, 4.69) is 10.0 Å². The van der Waals surface area contributed by atoms with E-state index in [0.717, 1.165) is 0 Å². The molecule has 0 saturated carbocycles. The van der Waals surface area contributed by atoms with Crippen LogP contribution in [0, 0.1) is 0 Å². The topological polar surface area (TPSA) is 78.5 Å². The van der Waals surface area contributed by atoms with E-state index in [0.29, 0.717) is 18.8 Å². The lowest BCUT2D eigenvalue weighted by Gasteiger charge is -2.11. The van der Waals surface area contributed by atoms with Crippen LogP contribution < -0.4 is 10.0 Å². The van der Waals surface area contributed by atoms with Crippen LogP contribution in [0.2, 0.25) is 0 Å². The lowest BCUT2D eigenvalue weighted by molar-refractivity contribution is -0.114. The molecule has 1 aromatic carbocycles. The maximum Gasteiger partial charge on any atom is 0.240 e. The Bertz CT molecular complexity index is 524. The number of carbonyl (C=O) groups excluding carboxylic acids is 1. The summed E-state index contributed by atoms with van der Waals surface area (Å²) < 4.78 is 26.4. The van der Waals surface area contributed by atoms with Gasteiger partial charge in [-0.3, -0.25) is 4.79 Å². The maximum atomic E-state index is 11.9. The summed E-state index contributed by atoms with van der Waals surface area (Å²) in [7, 11) is 0.253. The van der Waals surface area contributed by atoms with Crippen molar-refractivity contribution >= 4 is 21.6 Å². The first kappa shape index (κ1) is 15.6. The van der Waals surface area contributed by atoms with E-state index >= 15 is 0 Å². The third-order valence-corrected chi connectivity index (χ3v) is 3.81. The molecule has 19 heavy (non-hydrogen) atoms. The first-order valence-corrected chi connectivity index (χ1v) is 7.31. The highest BCUT2D eigenvalue weighted by Crippen LogP contribution is 2.13. The second-order valence-corrected chi connectivity index (χ2v) is 6.17. The zero-order valence-corrected chi connectivity index (χ0v) is 12.1. The molecule has 6 nitrogen and oxygen atoms in total. The van der Waals surface area contributed by atoms with Crippen molar-refractivity contribution in [1.82, 2.24) is 9.62 Å². The normalized spacial score (nSPS) is 11.6. The van der Waals surface area contributed by atoms with Crippen molar-refractivity contribution in [3.8, 4) is 0 Å². The number of nitrogens with zero attached hydrogens (tertiary/aromatic N) is 1. The number of nitrogens with one attached hydrogen (secondary N) is 2. The minimum atomic E-state index is -3.49. The largest absolute Gasteiger partial charge is 0.326 e. The molecule has 0 heterocycles. The number of hydrogen-bond donors (Lipinski definition) is 2. The second-order valence-electron chi connectivity index (χ2n) is 4.41. The number of anilines is 1. The third kappa shape index (κ3) is 5.37. The van der Waals surface area contributed by atoms with Crippen molar-refractivity contribution in [2.75, 3.05) is 32.5 Å². The summed E-state index contributed by atoms with van der Waals surface area (Å²) in [6.07, 6.45) is 0. The lowest BCUT2D eigenvalue weighted by atomic mass is 10.3. The molecule has 1 aromatic rings. The molecule has 0 atom stereocenters. The van der Waals surface area contributed by atoms with Gasteiger partial charge in [-0.25, -0.2) is 13.1 Å². The molecule has 0 unspecified atom stereocenters. The van der Waals surface area contributed by atoms with Gasteiger partial charge >= 0.3 is 0 Å². The standard InChI is InChI=1S/C12H19N3O3S/c1-10(16)14-11-4-6-12(7-5-11)19(17,18)13-8-9-15(2)3/h4-7,13H,8-9H2,1-3H3,(H,14,16). The van der Waals surface area contributed by atoms with Gasteiger partial charge in [-0.15, -0.1) is 0 Å². The van der Waals surface area contributed by atoms with Crippen LogP contribution in [-0.2, 0) is 14.8 Å². The molecule has 0 fully saturated rings. The molecule has 0 spiro atoms. The smallest absolute Gasteiger partial charge is 0.240 e. The lowest BCUT2D eigenvalue weighted by Crippen LogP contribution is -2.31. The van der Waals surface area contributed by atoms with Crippen LogP contribution in [0.4, 0.5) is 5.69 Å². The van der Waals surface area contributed by atoms with Gasteiger partial charge in [0.25, 0.3) is 0 Å². The highest BCUT2D eigenvalue weighted by molar-refractivity contribution is 7.89. The van der Waals surface area contributed by atoms with E-state index in [1.165, 1.54) is 19.1 Å². The fourth-order valence-electron chi connectivity index (χ4n) is 1.41. The van der Waals surface area contributed by atoms with Gasteiger partial charge in [0.15, 0.2) is 0 Å². The van der Waals surface area contributed by atoms with Crippen LogP contribution in [0.5, 0.6) is 0 Å². The third-order valence-electron chi connectivity index (χ3n) is 2.34. The second kappa shape index (κ2) is 6.65. The quantitative estimate of drug-likeness (QED) is 0.797. The predicted molar refractivity (Wildman–Crippen MR) is 74.5 cm³/mol. The van der Waals surface area contributed by atoms with E-state index in [4.69, 9.17) is 0 Å². The van der Waals surface area contributed by atoms with Crippen molar-refractivity contribution in [2.24, 2.45) is 0 Å². The summed E-state index contributed by atoms with van der Waals surface area (Å²) in [5.41, 5.74) is 0.569. The summed E-state index contributed by atoms with van der Waals surface area (Å²) in [6.45, 7) is 2.37. The van der Waals surface area contributed by atoms with Crippen LogP contribution >= 0.6 is 0 Å². The summed E-state index contributed by atoms with van der Waals surface area (Å²) in [4.78, 5) is 12.9. The molecule has 1 amide bonds. The number of amides is 1. The number of hydrogen-bond acceptors (Lipinski definition) is 4. The molecular weight excluding hydrogens is 266 g/mol. The molecule has 0 aliphatic carbocycles. The van der Waals surface area contributed by atoms with Crippen LogP contribution in [0.25, 0.3) is 0 Å². The Morgan fingerprint density at radius 2 is 1.79 bits per heavy atom. The summed E-state index contributed by atoms with van der Waals surface area (Å²) in [5.74, 6) is -0.195. The molecule has 0 aliphatic heterocycles.